The summed E-state index contributed by atoms with van der Waals surface area (Å²) in [5.74, 6) is 1.67. The Morgan fingerprint density at radius 1 is 1.26 bits per heavy atom. The SMILES string of the molecule is Nc1ncc(-c2ccoc2)nc1NCc1ccco1. The van der Waals surface area contributed by atoms with Crippen LogP contribution in [-0.4, -0.2) is 9.97 Å². The van der Waals surface area contributed by atoms with Crippen LogP contribution in [0, 0.1) is 0 Å². The Morgan fingerprint density at radius 3 is 2.95 bits per heavy atom. The molecule has 0 spiro atoms. The van der Waals surface area contributed by atoms with E-state index in [0.29, 0.717) is 23.9 Å². The number of hydrogen-bond donors (Lipinski definition) is 2. The van der Waals surface area contributed by atoms with E-state index in [-0.39, 0.29) is 0 Å². The highest BCUT2D eigenvalue weighted by Crippen LogP contribution is 2.21. The quantitative estimate of drug-likeness (QED) is 0.745. The van der Waals surface area contributed by atoms with Gasteiger partial charge in [-0.2, -0.15) is 0 Å². The summed E-state index contributed by atoms with van der Waals surface area (Å²) >= 11 is 0. The first kappa shape index (κ1) is 11.3. The Balaban J connectivity index is 1.82. The van der Waals surface area contributed by atoms with Crippen LogP contribution in [0.3, 0.4) is 0 Å². The van der Waals surface area contributed by atoms with Gasteiger partial charge in [-0.1, -0.05) is 0 Å². The van der Waals surface area contributed by atoms with Crippen molar-refractivity contribution in [3.05, 3.63) is 48.9 Å². The molecule has 3 rings (SSSR count). The van der Waals surface area contributed by atoms with Crippen molar-refractivity contribution in [1.29, 1.82) is 0 Å². The van der Waals surface area contributed by atoms with E-state index in [1.54, 1.807) is 25.0 Å². The lowest BCUT2D eigenvalue weighted by atomic mass is 10.2. The zero-order chi connectivity index (χ0) is 13.1. The molecule has 3 N–H and O–H groups in total. The van der Waals surface area contributed by atoms with Gasteiger partial charge in [-0.25, -0.2) is 9.97 Å². The van der Waals surface area contributed by atoms with Gasteiger partial charge >= 0.3 is 0 Å². The van der Waals surface area contributed by atoms with Gasteiger partial charge in [0.1, 0.15) is 5.76 Å². The van der Waals surface area contributed by atoms with Crippen LogP contribution < -0.4 is 11.1 Å². The Kier molecular flexibility index (Phi) is 2.89. The molecule has 6 heteroatoms. The van der Waals surface area contributed by atoms with Crippen molar-refractivity contribution in [2.24, 2.45) is 0 Å². The first-order chi connectivity index (χ1) is 9.33. The molecule has 0 bridgehead atoms. The van der Waals surface area contributed by atoms with E-state index in [1.807, 2.05) is 18.2 Å². The monoisotopic (exact) mass is 256 g/mol. The minimum atomic E-state index is 0.346. The predicted octanol–water partition coefficient (Wildman–Crippen LogP) is 2.52. The molecule has 0 aromatic carbocycles. The van der Waals surface area contributed by atoms with Gasteiger partial charge in [-0.05, 0) is 18.2 Å². The third-order valence-corrected chi connectivity index (χ3v) is 2.63. The zero-order valence-corrected chi connectivity index (χ0v) is 10.0. The first-order valence-electron chi connectivity index (χ1n) is 5.74. The molecule has 19 heavy (non-hydrogen) atoms. The van der Waals surface area contributed by atoms with Crippen molar-refractivity contribution in [2.75, 3.05) is 11.1 Å². The van der Waals surface area contributed by atoms with E-state index >= 15 is 0 Å². The van der Waals surface area contributed by atoms with Crippen LogP contribution in [-0.2, 0) is 6.54 Å². The standard InChI is InChI=1S/C13H12N4O2/c14-12-13(16-6-10-2-1-4-19-10)17-11(7-15-12)9-3-5-18-8-9/h1-5,7-8H,6H2,(H2,14,15)(H,16,17). The Labute approximate surface area is 109 Å². The van der Waals surface area contributed by atoms with Crippen LogP contribution in [0.15, 0.2) is 52.0 Å². The minimum Gasteiger partial charge on any atom is -0.472 e. The normalized spacial score (nSPS) is 10.5. The van der Waals surface area contributed by atoms with Gasteiger partial charge in [0.05, 0.1) is 37.2 Å². The molecule has 0 aliphatic carbocycles. The summed E-state index contributed by atoms with van der Waals surface area (Å²) < 4.78 is 10.3. The van der Waals surface area contributed by atoms with Crippen molar-refractivity contribution in [2.45, 2.75) is 6.54 Å². The molecule has 0 fully saturated rings. The predicted molar refractivity (Wildman–Crippen MR) is 70.2 cm³/mol. The van der Waals surface area contributed by atoms with Gasteiger partial charge in [-0.15, -0.1) is 0 Å². The highest BCUT2D eigenvalue weighted by molar-refractivity contribution is 5.64. The lowest BCUT2D eigenvalue weighted by molar-refractivity contribution is 0.518. The molecule has 0 atom stereocenters. The van der Waals surface area contributed by atoms with E-state index in [0.717, 1.165) is 11.3 Å². The van der Waals surface area contributed by atoms with Crippen LogP contribution in [0.4, 0.5) is 11.6 Å². The molecular weight excluding hydrogens is 244 g/mol. The van der Waals surface area contributed by atoms with Gasteiger partial charge in [0.15, 0.2) is 11.6 Å². The summed E-state index contributed by atoms with van der Waals surface area (Å²) in [4.78, 5) is 8.53. The van der Waals surface area contributed by atoms with Crippen LogP contribution in [0.1, 0.15) is 5.76 Å². The second kappa shape index (κ2) is 4.85. The van der Waals surface area contributed by atoms with Crippen molar-refractivity contribution in [3.8, 4) is 11.3 Å². The number of rotatable bonds is 4. The zero-order valence-electron chi connectivity index (χ0n) is 10.0. The highest BCUT2D eigenvalue weighted by Gasteiger charge is 2.07. The second-order valence-electron chi connectivity index (χ2n) is 3.93. The number of nitrogen functional groups attached to an aromatic ring is 1. The third-order valence-electron chi connectivity index (χ3n) is 2.63. The Morgan fingerprint density at radius 2 is 2.21 bits per heavy atom. The number of nitrogens with two attached hydrogens (primary N) is 1. The molecule has 96 valence electrons. The van der Waals surface area contributed by atoms with Gasteiger partial charge in [0.2, 0.25) is 0 Å². The summed E-state index contributed by atoms with van der Waals surface area (Å²) in [7, 11) is 0. The van der Waals surface area contributed by atoms with Crippen molar-refractivity contribution >= 4 is 11.6 Å². The Hall–Kier alpha value is -2.76. The number of nitrogens with one attached hydrogen (secondary N) is 1. The van der Waals surface area contributed by atoms with Crippen molar-refractivity contribution in [3.63, 3.8) is 0 Å². The molecule has 0 aliphatic heterocycles. The van der Waals surface area contributed by atoms with Gasteiger partial charge in [0, 0.05) is 5.56 Å². The molecule has 6 nitrogen and oxygen atoms in total. The van der Waals surface area contributed by atoms with Crippen molar-refractivity contribution < 1.29 is 8.83 Å². The van der Waals surface area contributed by atoms with Crippen LogP contribution in [0.25, 0.3) is 11.3 Å². The van der Waals surface area contributed by atoms with Gasteiger partial charge in [0.25, 0.3) is 0 Å². The molecule has 3 aromatic rings. The van der Waals surface area contributed by atoms with E-state index in [9.17, 15) is 0 Å². The van der Waals surface area contributed by atoms with Gasteiger partial charge < -0.3 is 19.9 Å². The third kappa shape index (κ3) is 2.42. The van der Waals surface area contributed by atoms with Crippen LogP contribution in [0.2, 0.25) is 0 Å². The number of nitrogens with zero attached hydrogens (tertiary/aromatic N) is 2. The largest absolute Gasteiger partial charge is 0.472 e. The Bertz CT molecular complexity index is 647. The van der Waals surface area contributed by atoms with E-state index < -0.39 is 0 Å². The van der Waals surface area contributed by atoms with Crippen LogP contribution >= 0.6 is 0 Å². The fourth-order valence-corrected chi connectivity index (χ4v) is 1.66. The summed E-state index contributed by atoms with van der Waals surface area (Å²) in [6.07, 6.45) is 6.42. The summed E-state index contributed by atoms with van der Waals surface area (Å²) in [5.41, 5.74) is 7.35. The first-order valence-corrected chi connectivity index (χ1v) is 5.74. The molecule has 0 amide bonds. The molecule has 0 saturated carbocycles. The van der Waals surface area contributed by atoms with E-state index in [4.69, 9.17) is 14.6 Å². The van der Waals surface area contributed by atoms with Crippen molar-refractivity contribution in [1.82, 2.24) is 9.97 Å². The molecule has 0 radical (unpaired) electrons. The molecular formula is C13H12N4O2. The lowest BCUT2D eigenvalue weighted by Gasteiger charge is -2.07. The highest BCUT2D eigenvalue weighted by atomic mass is 16.3. The topological polar surface area (TPSA) is 90.1 Å². The van der Waals surface area contributed by atoms with E-state index in [2.05, 4.69) is 15.3 Å². The number of aromatic nitrogens is 2. The molecule has 0 aliphatic rings. The second-order valence-corrected chi connectivity index (χ2v) is 3.93. The summed E-state index contributed by atoms with van der Waals surface area (Å²) in [5, 5.41) is 3.09. The number of furan rings is 2. The lowest BCUT2D eigenvalue weighted by Crippen LogP contribution is -2.06. The molecule has 3 heterocycles. The maximum atomic E-state index is 5.79. The fourth-order valence-electron chi connectivity index (χ4n) is 1.66. The maximum absolute atomic E-state index is 5.79. The number of hydrogen-bond acceptors (Lipinski definition) is 6. The fraction of sp³-hybridized carbons (Fsp3) is 0.0769. The average molecular weight is 256 g/mol. The summed E-state index contributed by atoms with van der Waals surface area (Å²) in [6.45, 7) is 0.501. The summed E-state index contributed by atoms with van der Waals surface area (Å²) in [6, 6.07) is 5.51. The number of anilines is 2. The van der Waals surface area contributed by atoms with E-state index in [1.165, 1.54) is 0 Å². The molecule has 0 unspecified atom stereocenters. The van der Waals surface area contributed by atoms with Gasteiger partial charge in [-0.3, -0.25) is 0 Å². The minimum absolute atomic E-state index is 0.346. The smallest absolute Gasteiger partial charge is 0.169 e. The maximum Gasteiger partial charge on any atom is 0.169 e. The molecule has 0 saturated heterocycles. The van der Waals surface area contributed by atoms with Crippen LogP contribution in [0.5, 0.6) is 0 Å². The average Bonchev–Trinajstić information content (AvgIpc) is 3.11. The molecule has 3 aromatic heterocycles.